The summed E-state index contributed by atoms with van der Waals surface area (Å²) < 4.78 is 0. The Morgan fingerprint density at radius 2 is 0.705 bits per heavy atom. The van der Waals surface area contributed by atoms with Gasteiger partial charge in [-0.25, -0.2) is 0 Å². The lowest BCUT2D eigenvalue weighted by Gasteiger charge is -2.16. The normalized spacial score (nSPS) is 12.1. The summed E-state index contributed by atoms with van der Waals surface area (Å²) in [5.74, 6) is 0. The van der Waals surface area contributed by atoms with E-state index in [4.69, 9.17) is 0 Å². The fourth-order valence-electron chi connectivity index (χ4n) is 8.05. The molecule has 10 aromatic rings. The topological polar surface area (TPSA) is 0 Å². The van der Waals surface area contributed by atoms with Crippen LogP contribution in [0.2, 0.25) is 0 Å². The Labute approximate surface area is 255 Å². The van der Waals surface area contributed by atoms with Gasteiger partial charge in [-0.15, -0.1) is 0 Å². The molecule has 0 unspecified atom stereocenters. The molecule has 0 aliphatic heterocycles. The molecule has 0 nitrogen and oxygen atoms in total. The lowest BCUT2D eigenvalue weighted by molar-refractivity contribution is 1.61. The maximum atomic E-state index is 2.39. The van der Waals surface area contributed by atoms with Crippen molar-refractivity contribution < 1.29 is 0 Å². The van der Waals surface area contributed by atoms with Gasteiger partial charge in [0.25, 0.3) is 0 Å². The molecular weight excluding hydrogens is 528 g/mol. The lowest BCUT2D eigenvalue weighted by Crippen LogP contribution is -1.89. The molecule has 44 heavy (non-hydrogen) atoms. The van der Waals surface area contributed by atoms with Crippen molar-refractivity contribution in [3.05, 3.63) is 158 Å². The van der Waals surface area contributed by atoms with Crippen molar-refractivity contribution in [2.75, 3.05) is 0 Å². The second-order valence-corrected chi connectivity index (χ2v) is 11.9. The van der Waals surface area contributed by atoms with E-state index in [1.807, 2.05) is 0 Å². The highest BCUT2D eigenvalue weighted by Gasteiger charge is 2.26. The fourth-order valence-corrected chi connectivity index (χ4v) is 8.05. The standard InChI is InChI=1S/C44H26/c1-3-13-27(14-4-1)29-17-7-9-19-33(29)40-37-24-12-22-34-31-18-8-10-20-35(31)42(41(34)37)44-36-23-11-21-32-30(28-15-5-2-6-16-28)25-26-38(39(32)36)43(40)44/h1-26H. The second-order valence-electron chi connectivity index (χ2n) is 11.9. The molecule has 0 heteroatoms. The summed E-state index contributed by atoms with van der Waals surface area (Å²) in [7, 11) is 0. The molecule has 0 atom stereocenters. The van der Waals surface area contributed by atoms with Crippen molar-refractivity contribution in [2.45, 2.75) is 0 Å². The molecule has 0 N–H and O–H groups in total. The van der Waals surface area contributed by atoms with Crippen molar-refractivity contribution >= 4 is 64.6 Å². The fraction of sp³-hybridized carbons (Fsp3) is 0. The number of rotatable bonds is 3. The van der Waals surface area contributed by atoms with Crippen molar-refractivity contribution in [2.24, 2.45) is 0 Å². The lowest BCUT2D eigenvalue weighted by atomic mass is 9.86. The minimum Gasteiger partial charge on any atom is -0.0622 e. The van der Waals surface area contributed by atoms with Crippen LogP contribution in [0.4, 0.5) is 0 Å². The Kier molecular flexibility index (Phi) is 4.81. The van der Waals surface area contributed by atoms with E-state index < -0.39 is 0 Å². The van der Waals surface area contributed by atoms with E-state index >= 15 is 0 Å². The molecule has 0 aromatic heterocycles. The molecule has 10 aromatic carbocycles. The predicted octanol–water partition coefficient (Wildman–Crippen LogP) is 12.5. The van der Waals surface area contributed by atoms with Gasteiger partial charge >= 0.3 is 0 Å². The summed E-state index contributed by atoms with van der Waals surface area (Å²) in [5.41, 5.74) is 7.65. The summed E-state index contributed by atoms with van der Waals surface area (Å²) in [6.07, 6.45) is 0. The first-order valence-electron chi connectivity index (χ1n) is 15.4. The minimum absolute atomic E-state index is 1.24. The highest BCUT2D eigenvalue weighted by molar-refractivity contribution is 6.48. The van der Waals surface area contributed by atoms with Gasteiger partial charge in [-0.2, -0.15) is 0 Å². The van der Waals surface area contributed by atoms with Crippen LogP contribution in [0, 0.1) is 0 Å². The van der Waals surface area contributed by atoms with Crippen LogP contribution in [0.1, 0.15) is 0 Å². The van der Waals surface area contributed by atoms with E-state index in [-0.39, 0.29) is 0 Å². The maximum Gasteiger partial charge on any atom is -0.000696 e. The van der Waals surface area contributed by atoms with Crippen molar-refractivity contribution in [3.63, 3.8) is 0 Å². The zero-order valence-electron chi connectivity index (χ0n) is 24.0. The first-order valence-corrected chi connectivity index (χ1v) is 15.4. The Hall–Kier alpha value is -5.72. The molecule has 0 radical (unpaired) electrons. The molecule has 0 fully saturated rings. The van der Waals surface area contributed by atoms with Gasteiger partial charge < -0.3 is 0 Å². The smallest absolute Gasteiger partial charge is 0.000696 e. The van der Waals surface area contributed by atoms with E-state index in [1.165, 1.54) is 98.0 Å². The van der Waals surface area contributed by atoms with Crippen molar-refractivity contribution in [1.29, 1.82) is 0 Å². The molecule has 10 rings (SSSR count). The van der Waals surface area contributed by atoms with Crippen LogP contribution in [0.3, 0.4) is 0 Å². The minimum atomic E-state index is 1.24. The highest BCUT2D eigenvalue weighted by atomic mass is 14.3. The summed E-state index contributed by atoms with van der Waals surface area (Å²) in [5, 5.41) is 16.2. The summed E-state index contributed by atoms with van der Waals surface area (Å²) in [6, 6.07) is 58.2. The third-order valence-electron chi connectivity index (χ3n) is 9.77. The first kappa shape index (κ1) is 23.8. The summed E-state index contributed by atoms with van der Waals surface area (Å²) >= 11 is 0. The number of fused-ring (bicyclic) bond motifs is 7. The molecule has 0 amide bonds. The average molecular weight is 555 g/mol. The van der Waals surface area contributed by atoms with E-state index in [0.717, 1.165) is 0 Å². The van der Waals surface area contributed by atoms with Crippen LogP contribution >= 0.6 is 0 Å². The van der Waals surface area contributed by atoms with E-state index in [1.54, 1.807) is 0 Å². The van der Waals surface area contributed by atoms with Gasteiger partial charge in [-0.1, -0.05) is 158 Å². The van der Waals surface area contributed by atoms with Gasteiger partial charge in [-0.3, -0.25) is 0 Å². The predicted molar refractivity (Wildman–Crippen MR) is 190 cm³/mol. The summed E-state index contributed by atoms with van der Waals surface area (Å²) in [6.45, 7) is 0. The Balaban J connectivity index is 1.50. The zero-order chi connectivity index (χ0) is 28.8. The SMILES string of the molecule is c1ccc(-c2ccccc2-c2c3cccc4c5ccccc5c(c34)c3c4cccc5c(-c6ccccc6)ccc(c23)c54)cc1. The van der Waals surface area contributed by atoms with Crippen LogP contribution in [0.15, 0.2) is 158 Å². The second kappa shape index (κ2) is 8.89. The largest absolute Gasteiger partial charge is 0.0622 e. The molecule has 0 spiro atoms. The van der Waals surface area contributed by atoms with Gasteiger partial charge in [0.05, 0.1) is 0 Å². The van der Waals surface area contributed by atoms with E-state index in [9.17, 15) is 0 Å². The summed E-state index contributed by atoms with van der Waals surface area (Å²) in [4.78, 5) is 0. The van der Waals surface area contributed by atoms with Crippen molar-refractivity contribution in [1.82, 2.24) is 0 Å². The van der Waals surface area contributed by atoms with Crippen LogP contribution in [-0.2, 0) is 0 Å². The Morgan fingerprint density at radius 3 is 1.48 bits per heavy atom. The van der Waals surface area contributed by atoms with Gasteiger partial charge in [0, 0.05) is 0 Å². The third kappa shape index (κ3) is 3.07. The number of benzene rings is 8. The molecule has 0 saturated carbocycles. The van der Waals surface area contributed by atoms with Gasteiger partial charge in [-0.05, 0) is 98.0 Å². The Bertz CT molecular complexity index is 2680. The number of hydrogen-bond acceptors (Lipinski definition) is 0. The van der Waals surface area contributed by atoms with Crippen LogP contribution in [0.5, 0.6) is 0 Å². The van der Waals surface area contributed by atoms with E-state index in [0.29, 0.717) is 0 Å². The van der Waals surface area contributed by atoms with Gasteiger partial charge in [0.15, 0.2) is 0 Å². The van der Waals surface area contributed by atoms with Crippen molar-refractivity contribution in [3.8, 4) is 33.4 Å². The third-order valence-corrected chi connectivity index (χ3v) is 9.77. The highest BCUT2D eigenvalue weighted by Crippen LogP contribution is 2.54. The molecule has 0 bridgehead atoms. The van der Waals surface area contributed by atoms with Gasteiger partial charge in [0.2, 0.25) is 0 Å². The van der Waals surface area contributed by atoms with Crippen LogP contribution < -0.4 is 0 Å². The molecule has 0 saturated heterocycles. The van der Waals surface area contributed by atoms with Crippen LogP contribution in [-0.4, -0.2) is 0 Å². The maximum absolute atomic E-state index is 2.39. The van der Waals surface area contributed by atoms with Crippen LogP contribution in [0.25, 0.3) is 98.0 Å². The monoisotopic (exact) mass is 554 g/mol. The average Bonchev–Trinajstić information content (AvgIpc) is 3.61. The quantitative estimate of drug-likeness (QED) is 0.204. The molecular formula is C44H26. The van der Waals surface area contributed by atoms with Gasteiger partial charge in [0.1, 0.15) is 0 Å². The molecule has 0 aliphatic rings. The first-order chi connectivity index (χ1) is 21.9. The molecule has 202 valence electrons. The molecule has 0 aliphatic carbocycles. The zero-order valence-corrected chi connectivity index (χ0v) is 24.0. The number of hydrogen-bond donors (Lipinski definition) is 0. The van der Waals surface area contributed by atoms with E-state index in [2.05, 4.69) is 158 Å². The Morgan fingerprint density at radius 1 is 0.205 bits per heavy atom. The molecule has 0 heterocycles.